The van der Waals surface area contributed by atoms with Crippen LogP contribution in [-0.4, -0.2) is 26.5 Å². The molecule has 1 fully saturated rings. The summed E-state index contributed by atoms with van der Waals surface area (Å²) in [7, 11) is -2.70. The maximum absolute atomic E-state index is 11.1. The second-order valence-electron chi connectivity index (χ2n) is 3.61. The third kappa shape index (κ3) is 4.06. The van der Waals surface area contributed by atoms with Crippen LogP contribution in [0, 0.1) is 5.92 Å². The lowest BCUT2D eigenvalue weighted by Crippen LogP contribution is -2.23. The third-order valence-corrected chi connectivity index (χ3v) is 4.26. The normalized spacial score (nSPS) is 23.2. The summed E-state index contributed by atoms with van der Waals surface area (Å²) in [4.78, 5) is 4.46. The first-order valence-electron chi connectivity index (χ1n) is 4.66. The van der Waals surface area contributed by atoms with Gasteiger partial charge < -0.3 is 4.84 Å². The Morgan fingerprint density at radius 3 is 2.46 bits per heavy atom. The predicted octanol–water partition coefficient (Wildman–Crippen LogP) is 0.482. The molecule has 78 valence electrons. The van der Waals surface area contributed by atoms with E-state index >= 15 is 0 Å². The van der Waals surface area contributed by atoms with Crippen molar-refractivity contribution in [3.05, 3.63) is 0 Å². The van der Waals surface area contributed by atoms with Gasteiger partial charge in [0, 0.05) is 0 Å². The van der Waals surface area contributed by atoms with Gasteiger partial charge in [-0.05, 0) is 31.6 Å². The van der Waals surface area contributed by atoms with E-state index in [1.165, 1.54) is 0 Å². The Balaban J connectivity index is 2.18. The van der Waals surface area contributed by atoms with Gasteiger partial charge in [-0.3, -0.25) is 0 Å². The second-order valence-corrected chi connectivity index (χ2v) is 5.91. The van der Waals surface area contributed by atoms with E-state index in [0.717, 1.165) is 25.7 Å². The van der Waals surface area contributed by atoms with Gasteiger partial charge in [-0.1, -0.05) is 0 Å². The Bertz CT molecular complexity index is 224. The van der Waals surface area contributed by atoms with E-state index in [1.807, 2.05) is 0 Å². The van der Waals surface area contributed by atoms with E-state index in [0.29, 0.717) is 24.0 Å². The minimum Gasteiger partial charge on any atom is -0.305 e. The highest BCUT2D eigenvalue weighted by molar-refractivity contribution is 7.91. The summed E-state index contributed by atoms with van der Waals surface area (Å²) in [5.74, 6) is 6.17. The first kappa shape index (κ1) is 10.9. The van der Waals surface area contributed by atoms with Gasteiger partial charge in [0.25, 0.3) is 0 Å². The summed E-state index contributed by atoms with van der Waals surface area (Å²) in [6.07, 6.45) is 3.59. The zero-order chi connectivity index (χ0) is 9.73. The summed E-state index contributed by atoms with van der Waals surface area (Å²) in [5.41, 5.74) is 0. The van der Waals surface area contributed by atoms with Gasteiger partial charge in [-0.2, -0.15) is 0 Å². The van der Waals surface area contributed by atoms with E-state index in [-0.39, 0.29) is 0 Å². The summed E-state index contributed by atoms with van der Waals surface area (Å²) in [6.45, 7) is 0.573. The molecule has 4 nitrogen and oxygen atoms in total. The Morgan fingerprint density at radius 2 is 1.92 bits per heavy atom. The van der Waals surface area contributed by atoms with Crippen LogP contribution in [0.15, 0.2) is 0 Å². The van der Waals surface area contributed by atoms with Crippen molar-refractivity contribution in [3.8, 4) is 0 Å². The smallest absolute Gasteiger partial charge is 0.150 e. The minimum absolute atomic E-state index is 0.362. The zero-order valence-electron chi connectivity index (χ0n) is 7.74. The molecule has 0 aliphatic carbocycles. The minimum atomic E-state index is -2.70. The summed E-state index contributed by atoms with van der Waals surface area (Å²) < 4.78 is 22.2. The first-order valence-corrected chi connectivity index (χ1v) is 6.48. The topological polar surface area (TPSA) is 69.4 Å². The molecule has 2 N–H and O–H groups in total. The van der Waals surface area contributed by atoms with Crippen molar-refractivity contribution >= 4 is 9.84 Å². The van der Waals surface area contributed by atoms with Gasteiger partial charge in [0.1, 0.15) is 9.84 Å². The third-order valence-electron chi connectivity index (χ3n) is 2.55. The van der Waals surface area contributed by atoms with Gasteiger partial charge in [0.15, 0.2) is 0 Å². The molecule has 0 saturated carbocycles. The van der Waals surface area contributed by atoms with Crippen LogP contribution >= 0.6 is 0 Å². The maximum Gasteiger partial charge on any atom is 0.150 e. The van der Waals surface area contributed by atoms with Gasteiger partial charge in [0.2, 0.25) is 0 Å². The number of hydrogen-bond acceptors (Lipinski definition) is 4. The largest absolute Gasteiger partial charge is 0.305 e. The number of rotatable bonds is 4. The molecule has 0 atom stereocenters. The van der Waals surface area contributed by atoms with Crippen molar-refractivity contribution in [2.45, 2.75) is 25.7 Å². The number of sulfone groups is 1. The van der Waals surface area contributed by atoms with Gasteiger partial charge in [-0.25, -0.2) is 14.3 Å². The Kier molecular flexibility index (Phi) is 4.15. The lowest BCUT2D eigenvalue weighted by molar-refractivity contribution is 0.129. The highest BCUT2D eigenvalue weighted by Gasteiger charge is 2.22. The van der Waals surface area contributed by atoms with Crippen molar-refractivity contribution in [2.75, 3.05) is 18.1 Å². The quantitative estimate of drug-likeness (QED) is 0.538. The van der Waals surface area contributed by atoms with E-state index < -0.39 is 9.84 Å². The van der Waals surface area contributed by atoms with Crippen molar-refractivity contribution in [1.82, 2.24) is 0 Å². The molecule has 0 aromatic heterocycles. The SMILES string of the molecule is NOCCCC1CCS(=O)(=O)CC1. The molecule has 1 saturated heterocycles. The molecule has 1 rings (SSSR count). The second kappa shape index (κ2) is 4.93. The van der Waals surface area contributed by atoms with Crippen LogP contribution in [-0.2, 0) is 14.7 Å². The molecule has 0 bridgehead atoms. The van der Waals surface area contributed by atoms with E-state index in [1.54, 1.807) is 0 Å². The van der Waals surface area contributed by atoms with Crippen molar-refractivity contribution < 1.29 is 13.3 Å². The van der Waals surface area contributed by atoms with Crippen LogP contribution in [0.1, 0.15) is 25.7 Å². The standard InChI is InChI=1S/C8H17NO3S/c9-12-5-1-2-8-3-6-13(10,11)7-4-8/h8H,1-7,9H2. The molecule has 0 aromatic rings. The molecular formula is C8H17NO3S. The van der Waals surface area contributed by atoms with Crippen molar-refractivity contribution in [1.29, 1.82) is 0 Å². The highest BCUT2D eigenvalue weighted by Crippen LogP contribution is 2.22. The molecule has 1 aliphatic rings. The number of nitrogens with two attached hydrogens (primary N) is 1. The summed E-state index contributed by atoms with van der Waals surface area (Å²) in [6, 6.07) is 0. The molecule has 0 unspecified atom stereocenters. The predicted molar refractivity (Wildman–Crippen MR) is 50.8 cm³/mol. The van der Waals surface area contributed by atoms with Crippen LogP contribution in [0.25, 0.3) is 0 Å². The van der Waals surface area contributed by atoms with Crippen LogP contribution < -0.4 is 5.90 Å². The van der Waals surface area contributed by atoms with Gasteiger partial charge in [0.05, 0.1) is 18.1 Å². The van der Waals surface area contributed by atoms with Crippen molar-refractivity contribution in [2.24, 2.45) is 11.8 Å². The van der Waals surface area contributed by atoms with Crippen LogP contribution in [0.2, 0.25) is 0 Å². The van der Waals surface area contributed by atoms with Crippen LogP contribution in [0.4, 0.5) is 0 Å². The average Bonchev–Trinajstić information content (AvgIpc) is 2.08. The lowest BCUT2D eigenvalue weighted by Gasteiger charge is -2.21. The fraction of sp³-hybridized carbons (Fsp3) is 1.00. The van der Waals surface area contributed by atoms with E-state index in [2.05, 4.69) is 4.84 Å². The molecule has 0 spiro atoms. The molecule has 1 aliphatic heterocycles. The monoisotopic (exact) mass is 207 g/mol. The van der Waals surface area contributed by atoms with Gasteiger partial charge in [-0.15, -0.1) is 0 Å². The molecule has 13 heavy (non-hydrogen) atoms. The number of hydrogen-bond donors (Lipinski definition) is 1. The van der Waals surface area contributed by atoms with Crippen LogP contribution in [0.5, 0.6) is 0 Å². The highest BCUT2D eigenvalue weighted by atomic mass is 32.2. The first-order chi connectivity index (χ1) is 6.14. The molecule has 0 aromatic carbocycles. The van der Waals surface area contributed by atoms with Gasteiger partial charge >= 0.3 is 0 Å². The molecule has 0 amide bonds. The lowest BCUT2D eigenvalue weighted by atomic mass is 9.97. The fourth-order valence-corrected chi connectivity index (χ4v) is 3.27. The maximum atomic E-state index is 11.1. The van der Waals surface area contributed by atoms with Crippen LogP contribution in [0.3, 0.4) is 0 Å². The Labute approximate surface area is 79.3 Å². The van der Waals surface area contributed by atoms with Crippen molar-refractivity contribution in [3.63, 3.8) is 0 Å². The molecule has 0 radical (unpaired) electrons. The van der Waals surface area contributed by atoms with E-state index in [4.69, 9.17) is 5.90 Å². The zero-order valence-corrected chi connectivity index (χ0v) is 8.55. The van der Waals surface area contributed by atoms with E-state index in [9.17, 15) is 8.42 Å². The molecular weight excluding hydrogens is 190 g/mol. The summed E-state index contributed by atoms with van der Waals surface area (Å²) in [5, 5.41) is 0. The fourth-order valence-electron chi connectivity index (χ4n) is 1.68. The Morgan fingerprint density at radius 1 is 1.31 bits per heavy atom. The molecule has 1 heterocycles. The summed E-state index contributed by atoms with van der Waals surface area (Å²) >= 11 is 0. The Hall–Kier alpha value is -0.130. The molecule has 5 heteroatoms. The average molecular weight is 207 g/mol.